The van der Waals surface area contributed by atoms with Gasteiger partial charge in [0.2, 0.25) is 0 Å². The molecule has 130 valence electrons. The van der Waals surface area contributed by atoms with Crippen LogP contribution in [-0.2, 0) is 14.3 Å². The van der Waals surface area contributed by atoms with E-state index in [4.69, 9.17) is 4.74 Å². The first-order valence-corrected chi connectivity index (χ1v) is 9.24. The smallest absolute Gasteiger partial charge is 0.190 e. The summed E-state index contributed by atoms with van der Waals surface area (Å²) < 4.78 is 6.00. The number of carbonyl (C=O) groups excluding carboxylic acids is 2. The van der Waals surface area contributed by atoms with Gasteiger partial charge in [0, 0.05) is 16.7 Å². The number of aliphatic hydroxyl groups excluding tert-OH is 1. The van der Waals surface area contributed by atoms with E-state index in [-0.39, 0.29) is 28.8 Å². The molecule has 4 heteroatoms. The van der Waals surface area contributed by atoms with Crippen LogP contribution >= 0.6 is 0 Å². The fourth-order valence-corrected chi connectivity index (χ4v) is 8.10. The molecule has 1 unspecified atom stereocenters. The molecule has 1 heterocycles. The van der Waals surface area contributed by atoms with Crippen molar-refractivity contribution >= 4 is 11.6 Å². The predicted octanol–water partition coefficient (Wildman–Crippen LogP) is 2.29. The molecule has 2 spiro atoms. The van der Waals surface area contributed by atoms with E-state index < -0.39 is 28.6 Å². The standard InChI is InChI=1S/C20H26O4/c1-9(2)11-6-7-19-8-12-10(3)13(21)16-20(12,24-16)18(19,5)15(23)14(22)17(11,19)4/h9,11-12,15-16,23H,3,6-8H2,1-2,4-5H3/t11-,12-,15+,16-,17+,18+,19+,20?/m1/s1. The second kappa shape index (κ2) is 3.73. The Balaban J connectivity index is 1.76. The molecule has 5 rings (SSSR count). The molecule has 0 amide bonds. The SMILES string of the molecule is C=C1C(=O)[C@H]2OC23[C@@H]1C[C@@]12CC[C@H](C(C)C)[C@@]1(C)C(=O)[C@H](O)[C@]32C. The highest BCUT2D eigenvalue weighted by Crippen LogP contribution is 2.86. The predicted molar refractivity (Wildman–Crippen MR) is 87.1 cm³/mol. The monoisotopic (exact) mass is 330 g/mol. The lowest BCUT2D eigenvalue weighted by atomic mass is 9.55. The minimum Gasteiger partial charge on any atom is -0.385 e. The van der Waals surface area contributed by atoms with E-state index in [1.807, 2.05) is 6.92 Å². The number of hydrogen-bond donors (Lipinski definition) is 1. The summed E-state index contributed by atoms with van der Waals surface area (Å²) in [6.45, 7) is 12.5. The summed E-state index contributed by atoms with van der Waals surface area (Å²) in [7, 11) is 0. The number of hydrogen-bond acceptors (Lipinski definition) is 4. The van der Waals surface area contributed by atoms with Crippen molar-refractivity contribution < 1.29 is 19.4 Å². The molecule has 1 aliphatic heterocycles. The molecule has 5 aliphatic rings. The molecule has 24 heavy (non-hydrogen) atoms. The van der Waals surface area contributed by atoms with Crippen LogP contribution in [0.25, 0.3) is 0 Å². The summed E-state index contributed by atoms with van der Waals surface area (Å²) in [5.41, 5.74) is -1.52. The van der Waals surface area contributed by atoms with Crippen molar-refractivity contribution in [3.8, 4) is 0 Å². The molecule has 8 atom stereocenters. The fraction of sp³-hybridized carbons (Fsp3) is 0.800. The summed E-state index contributed by atoms with van der Waals surface area (Å²) >= 11 is 0. The molecule has 5 fully saturated rings. The van der Waals surface area contributed by atoms with Crippen LogP contribution < -0.4 is 0 Å². The maximum atomic E-state index is 13.3. The summed E-state index contributed by atoms with van der Waals surface area (Å²) in [5.74, 6) is 0.605. The lowest BCUT2D eigenvalue weighted by Crippen LogP contribution is -2.49. The zero-order valence-electron chi connectivity index (χ0n) is 14.9. The van der Waals surface area contributed by atoms with Crippen LogP contribution in [0.1, 0.15) is 47.0 Å². The average molecular weight is 330 g/mol. The van der Waals surface area contributed by atoms with E-state index in [2.05, 4.69) is 27.4 Å². The van der Waals surface area contributed by atoms with Crippen molar-refractivity contribution in [3.05, 3.63) is 12.2 Å². The Morgan fingerprint density at radius 3 is 2.58 bits per heavy atom. The molecule has 0 aromatic heterocycles. The van der Waals surface area contributed by atoms with Gasteiger partial charge in [-0.15, -0.1) is 0 Å². The molecule has 0 radical (unpaired) electrons. The largest absolute Gasteiger partial charge is 0.385 e. The lowest BCUT2D eigenvalue weighted by molar-refractivity contribution is -0.138. The minimum absolute atomic E-state index is 0.0114. The topological polar surface area (TPSA) is 66.9 Å². The number of rotatable bonds is 1. The zero-order chi connectivity index (χ0) is 17.4. The molecule has 4 saturated carbocycles. The third-order valence-corrected chi connectivity index (χ3v) is 9.23. The second-order valence-electron chi connectivity index (χ2n) is 9.58. The van der Waals surface area contributed by atoms with Gasteiger partial charge in [-0.25, -0.2) is 0 Å². The van der Waals surface area contributed by atoms with Crippen LogP contribution in [0.3, 0.4) is 0 Å². The first-order chi connectivity index (χ1) is 11.1. The van der Waals surface area contributed by atoms with Gasteiger partial charge in [0.15, 0.2) is 17.7 Å². The van der Waals surface area contributed by atoms with Crippen molar-refractivity contribution in [1.82, 2.24) is 0 Å². The molecule has 4 aliphatic carbocycles. The minimum atomic E-state index is -1.04. The van der Waals surface area contributed by atoms with Crippen LogP contribution in [0.4, 0.5) is 0 Å². The fourth-order valence-electron chi connectivity index (χ4n) is 8.10. The van der Waals surface area contributed by atoms with E-state index in [9.17, 15) is 14.7 Å². The molecule has 1 saturated heterocycles. The van der Waals surface area contributed by atoms with Crippen LogP contribution in [-0.4, -0.2) is 34.5 Å². The van der Waals surface area contributed by atoms with Gasteiger partial charge in [0.25, 0.3) is 0 Å². The normalized spacial score (nSPS) is 60.5. The number of Topliss-reactive ketones (excluding diaryl/α,β-unsaturated/α-hetero) is 2. The molecule has 1 N–H and O–H groups in total. The summed E-state index contributed by atoms with van der Waals surface area (Å²) in [6.07, 6.45) is 1.17. The van der Waals surface area contributed by atoms with Crippen molar-refractivity contribution in [2.24, 2.45) is 34.0 Å². The van der Waals surface area contributed by atoms with Crippen LogP contribution in [0.5, 0.6) is 0 Å². The second-order valence-corrected chi connectivity index (χ2v) is 9.58. The summed E-state index contributed by atoms with van der Waals surface area (Å²) in [6, 6.07) is 0. The van der Waals surface area contributed by atoms with Crippen molar-refractivity contribution in [2.75, 3.05) is 0 Å². The highest BCUT2D eigenvalue weighted by atomic mass is 16.6. The van der Waals surface area contributed by atoms with Gasteiger partial charge >= 0.3 is 0 Å². The maximum absolute atomic E-state index is 13.3. The van der Waals surface area contributed by atoms with Crippen molar-refractivity contribution in [2.45, 2.75) is 64.8 Å². The first kappa shape index (κ1) is 15.3. The Labute approximate surface area is 142 Å². The zero-order valence-corrected chi connectivity index (χ0v) is 14.9. The Morgan fingerprint density at radius 1 is 1.29 bits per heavy atom. The number of ether oxygens (including phenoxy) is 1. The van der Waals surface area contributed by atoms with E-state index in [1.165, 1.54) is 0 Å². The van der Waals surface area contributed by atoms with Crippen LogP contribution in [0, 0.1) is 34.0 Å². The van der Waals surface area contributed by atoms with E-state index in [1.54, 1.807) is 0 Å². The summed E-state index contributed by atoms with van der Waals surface area (Å²) in [4.78, 5) is 25.8. The molecule has 0 bridgehead atoms. The van der Waals surface area contributed by atoms with Crippen molar-refractivity contribution in [1.29, 1.82) is 0 Å². The van der Waals surface area contributed by atoms with Gasteiger partial charge in [-0.1, -0.05) is 34.3 Å². The number of epoxide rings is 1. The van der Waals surface area contributed by atoms with Gasteiger partial charge in [-0.2, -0.15) is 0 Å². The molecule has 0 aromatic carbocycles. The Hall–Kier alpha value is -1.00. The van der Waals surface area contributed by atoms with E-state index >= 15 is 0 Å². The Morgan fingerprint density at radius 2 is 1.96 bits per heavy atom. The molecular formula is C20H26O4. The molecule has 0 aromatic rings. The summed E-state index contributed by atoms with van der Waals surface area (Å²) in [5, 5.41) is 11.1. The Bertz CT molecular complexity index is 725. The van der Waals surface area contributed by atoms with Gasteiger partial charge in [0.1, 0.15) is 11.7 Å². The number of aliphatic hydroxyl groups is 1. The molecular weight excluding hydrogens is 304 g/mol. The van der Waals surface area contributed by atoms with Gasteiger partial charge in [0.05, 0.1) is 0 Å². The van der Waals surface area contributed by atoms with Gasteiger partial charge < -0.3 is 9.84 Å². The highest BCUT2D eigenvalue weighted by Gasteiger charge is 2.94. The van der Waals surface area contributed by atoms with E-state index in [0.717, 1.165) is 19.3 Å². The van der Waals surface area contributed by atoms with Crippen LogP contribution in [0.15, 0.2) is 12.2 Å². The van der Waals surface area contributed by atoms with Gasteiger partial charge in [-0.05, 0) is 42.1 Å². The maximum Gasteiger partial charge on any atom is 0.190 e. The number of carbonyl (C=O) groups is 2. The first-order valence-electron chi connectivity index (χ1n) is 9.24. The quantitative estimate of drug-likeness (QED) is 0.592. The van der Waals surface area contributed by atoms with Crippen LogP contribution in [0.2, 0.25) is 0 Å². The van der Waals surface area contributed by atoms with Crippen molar-refractivity contribution in [3.63, 3.8) is 0 Å². The van der Waals surface area contributed by atoms with E-state index in [0.29, 0.717) is 11.5 Å². The lowest BCUT2D eigenvalue weighted by Gasteiger charge is -2.46. The highest BCUT2D eigenvalue weighted by molar-refractivity contribution is 6.07. The van der Waals surface area contributed by atoms with Gasteiger partial charge in [-0.3, -0.25) is 9.59 Å². The Kier molecular flexibility index (Phi) is 2.37. The third-order valence-electron chi connectivity index (χ3n) is 9.23. The average Bonchev–Trinajstić information content (AvgIpc) is 3.05. The number of ketones is 2. The molecule has 4 nitrogen and oxygen atoms in total. The third kappa shape index (κ3) is 1.04.